The van der Waals surface area contributed by atoms with Crippen LogP contribution in [-0.2, 0) is 9.84 Å². The minimum Gasteiger partial charge on any atom is -0.491 e. The van der Waals surface area contributed by atoms with Gasteiger partial charge in [0.15, 0.2) is 5.75 Å². The van der Waals surface area contributed by atoms with Crippen LogP contribution in [0.3, 0.4) is 0 Å². The van der Waals surface area contributed by atoms with Gasteiger partial charge in [-0.3, -0.25) is 14.5 Å². The maximum absolute atomic E-state index is 12.9. The van der Waals surface area contributed by atoms with E-state index in [4.69, 9.17) is 15.2 Å². The number of nitrogens with zero attached hydrogens (tertiary/aromatic N) is 2. The number of rotatable bonds is 7. The number of sulfone groups is 1. The van der Waals surface area contributed by atoms with E-state index in [9.17, 15) is 18.0 Å². The number of pyridine rings is 1. The summed E-state index contributed by atoms with van der Waals surface area (Å²) < 4.78 is 34.7. The van der Waals surface area contributed by atoms with Crippen molar-refractivity contribution in [2.24, 2.45) is 0 Å². The first-order valence-corrected chi connectivity index (χ1v) is 11.2. The van der Waals surface area contributed by atoms with Crippen LogP contribution in [0.5, 0.6) is 11.6 Å². The Morgan fingerprint density at radius 2 is 2.00 bits per heavy atom. The van der Waals surface area contributed by atoms with Crippen molar-refractivity contribution in [1.82, 2.24) is 9.88 Å². The van der Waals surface area contributed by atoms with Gasteiger partial charge >= 0.3 is 0 Å². The van der Waals surface area contributed by atoms with Gasteiger partial charge in [-0.15, -0.1) is 11.3 Å². The standard InChI is InChI=1S/C17H19N3O6S2/c1-4-26-15-12(25-2)6-5-10(19-15)11(8-28(3,23)24)20-16(21)9-7-27-14(18)13(9)17(20)22/h5-7,11H,4,8,18H2,1-3H3/t11-/m1/s1. The molecule has 11 heteroatoms. The lowest BCUT2D eigenvalue weighted by Crippen LogP contribution is -2.38. The molecule has 3 heterocycles. The van der Waals surface area contributed by atoms with Gasteiger partial charge in [0, 0.05) is 11.6 Å². The Kier molecular flexibility index (Phi) is 5.31. The van der Waals surface area contributed by atoms with Crippen molar-refractivity contribution in [2.75, 3.05) is 31.5 Å². The summed E-state index contributed by atoms with van der Waals surface area (Å²) in [5, 5.41) is 1.71. The predicted octanol–water partition coefficient (Wildman–Crippen LogP) is 1.51. The second-order valence-corrected chi connectivity index (χ2v) is 9.25. The molecule has 150 valence electrons. The summed E-state index contributed by atoms with van der Waals surface area (Å²) in [7, 11) is -2.12. The molecule has 0 radical (unpaired) electrons. The van der Waals surface area contributed by atoms with E-state index in [2.05, 4.69) is 4.98 Å². The SMILES string of the molecule is CCOc1nc([C@@H](CS(C)(=O)=O)N2C(=O)c3csc(N)c3C2=O)ccc1OC. The Hall–Kier alpha value is -2.66. The normalized spacial score (nSPS) is 14.9. The van der Waals surface area contributed by atoms with E-state index in [1.807, 2.05) is 0 Å². The van der Waals surface area contributed by atoms with Gasteiger partial charge in [-0.1, -0.05) is 0 Å². The second kappa shape index (κ2) is 7.40. The first-order chi connectivity index (χ1) is 13.2. The van der Waals surface area contributed by atoms with E-state index >= 15 is 0 Å². The quantitative estimate of drug-likeness (QED) is 0.661. The molecule has 0 aliphatic carbocycles. The van der Waals surface area contributed by atoms with Crippen molar-refractivity contribution in [2.45, 2.75) is 13.0 Å². The minimum atomic E-state index is -3.56. The molecule has 0 spiro atoms. The van der Waals surface area contributed by atoms with Gasteiger partial charge in [-0.25, -0.2) is 13.4 Å². The highest BCUT2D eigenvalue weighted by molar-refractivity contribution is 7.90. The Morgan fingerprint density at radius 1 is 1.29 bits per heavy atom. The fraction of sp³-hybridized carbons (Fsp3) is 0.353. The van der Waals surface area contributed by atoms with Gasteiger partial charge in [-0.2, -0.15) is 0 Å². The number of anilines is 1. The van der Waals surface area contributed by atoms with E-state index in [0.29, 0.717) is 12.4 Å². The van der Waals surface area contributed by atoms with Gasteiger partial charge in [0.05, 0.1) is 47.3 Å². The number of aromatic nitrogens is 1. The number of methoxy groups -OCH3 is 1. The molecule has 0 unspecified atom stereocenters. The lowest BCUT2D eigenvalue weighted by molar-refractivity contribution is 0.0594. The third-order valence-corrected chi connectivity index (χ3v) is 5.90. The zero-order valence-electron chi connectivity index (χ0n) is 15.5. The summed E-state index contributed by atoms with van der Waals surface area (Å²) in [6.07, 6.45) is 1.03. The molecule has 0 fully saturated rings. The number of fused-ring (bicyclic) bond motifs is 1. The number of ether oxygens (including phenoxy) is 2. The minimum absolute atomic E-state index is 0.104. The van der Waals surface area contributed by atoms with Crippen LogP contribution in [0.4, 0.5) is 5.00 Å². The Balaban J connectivity index is 2.10. The Morgan fingerprint density at radius 3 is 2.57 bits per heavy atom. The number of amides is 2. The molecule has 0 saturated carbocycles. The van der Waals surface area contributed by atoms with E-state index < -0.39 is 33.4 Å². The van der Waals surface area contributed by atoms with Gasteiger partial charge in [-0.05, 0) is 19.1 Å². The fourth-order valence-corrected chi connectivity index (χ4v) is 4.65. The third kappa shape index (κ3) is 3.54. The number of carbonyl (C=O) groups is 2. The molecule has 0 aromatic carbocycles. The van der Waals surface area contributed by atoms with E-state index in [-0.39, 0.29) is 27.7 Å². The van der Waals surface area contributed by atoms with Crippen LogP contribution in [0.25, 0.3) is 0 Å². The lowest BCUT2D eigenvalue weighted by Gasteiger charge is -2.26. The molecule has 28 heavy (non-hydrogen) atoms. The highest BCUT2D eigenvalue weighted by Gasteiger charge is 2.44. The van der Waals surface area contributed by atoms with Crippen LogP contribution in [0.2, 0.25) is 0 Å². The number of hydrogen-bond acceptors (Lipinski definition) is 9. The number of nitrogen functional groups attached to an aromatic ring is 1. The fourth-order valence-electron chi connectivity index (χ4n) is 2.98. The summed E-state index contributed by atoms with van der Waals surface area (Å²) in [5.41, 5.74) is 6.30. The first-order valence-electron chi connectivity index (χ1n) is 8.28. The zero-order chi connectivity index (χ0) is 20.6. The molecular formula is C17H19N3O6S2. The molecular weight excluding hydrogens is 406 g/mol. The Labute approximate surface area is 166 Å². The van der Waals surface area contributed by atoms with E-state index in [0.717, 1.165) is 22.5 Å². The number of imide groups is 1. The average molecular weight is 425 g/mol. The molecule has 2 aromatic heterocycles. The molecule has 2 N–H and O–H groups in total. The summed E-state index contributed by atoms with van der Waals surface area (Å²) in [6.45, 7) is 2.06. The van der Waals surface area contributed by atoms with Crippen LogP contribution in [-0.4, -0.2) is 55.8 Å². The van der Waals surface area contributed by atoms with Crippen LogP contribution >= 0.6 is 11.3 Å². The van der Waals surface area contributed by atoms with Crippen molar-refractivity contribution in [1.29, 1.82) is 0 Å². The molecule has 1 aliphatic heterocycles. The Bertz CT molecular complexity index is 1050. The van der Waals surface area contributed by atoms with Gasteiger partial charge < -0.3 is 15.2 Å². The van der Waals surface area contributed by atoms with Gasteiger partial charge in [0.2, 0.25) is 0 Å². The van der Waals surface area contributed by atoms with E-state index in [1.165, 1.54) is 18.6 Å². The van der Waals surface area contributed by atoms with E-state index in [1.54, 1.807) is 13.0 Å². The van der Waals surface area contributed by atoms with Crippen LogP contribution in [0.15, 0.2) is 17.5 Å². The molecule has 0 bridgehead atoms. The maximum atomic E-state index is 12.9. The second-order valence-electron chi connectivity index (χ2n) is 6.15. The molecule has 9 nitrogen and oxygen atoms in total. The highest BCUT2D eigenvalue weighted by Crippen LogP contribution is 2.38. The topological polar surface area (TPSA) is 129 Å². The molecule has 1 atom stereocenters. The monoisotopic (exact) mass is 425 g/mol. The van der Waals surface area contributed by atoms with Crippen LogP contribution in [0, 0.1) is 0 Å². The maximum Gasteiger partial charge on any atom is 0.265 e. The predicted molar refractivity (Wildman–Crippen MR) is 104 cm³/mol. The molecule has 3 rings (SSSR count). The van der Waals surface area contributed by atoms with Crippen molar-refractivity contribution >= 4 is 38.0 Å². The van der Waals surface area contributed by atoms with Crippen molar-refractivity contribution in [3.05, 3.63) is 34.3 Å². The number of thiophene rings is 1. The van der Waals surface area contributed by atoms with Gasteiger partial charge in [0.25, 0.3) is 17.7 Å². The number of hydrogen-bond donors (Lipinski definition) is 1. The summed E-state index contributed by atoms with van der Waals surface area (Å²) in [6, 6.07) is 1.93. The number of nitrogens with two attached hydrogens (primary N) is 1. The van der Waals surface area contributed by atoms with Gasteiger partial charge in [0.1, 0.15) is 9.84 Å². The van der Waals surface area contributed by atoms with Crippen LogP contribution < -0.4 is 15.2 Å². The van der Waals surface area contributed by atoms with Crippen LogP contribution in [0.1, 0.15) is 39.4 Å². The summed E-state index contributed by atoms with van der Waals surface area (Å²) in [4.78, 5) is 30.9. The average Bonchev–Trinajstić information content (AvgIpc) is 3.12. The third-order valence-electron chi connectivity index (χ3n) is 4.16. The molecule has 1 aliphatic rings. The molecule has 2 aromatic rings. The lowest BCUT2D eigenvalue weighted by atomic mass is 10.1. The molecule has 2 amide bonds. The van der Waals surface area contributed by atoms with Crippen molar-refractivity contribution in [3.63, 3.8) is 0 Å². The zero-order valence-corrected chi connectivity index (χ0v) is 17.1. The van der Waals surface area contributed by atoms with Crippen molar-refractivity contribution in [3.8, 4) is 11.6 Å². The number of carbonyl (C=O) groups excluding carboxylic acids is 2. The summed E-state index contributed by atoms with van der Waals surface area (Å²) in [5.74, 6) is -1.22. The highest BCUT2D eigenvalue weighted by atomic mass is 32.2. The smallest absolute Gasteiger partial charge is 0.265 e. The van der Waals surface area contributed by atoms with Crippen molar-refractivity contribution < 1.29 is 27.5 Å². The summed E-state index contributed by atoms with van der Waals surface area (Å²) >= 11 is 1.09. The first kappa shape index (κ1) is 20.1. The molecule has 0 saturated heterocycles. The largest absolute Gasteiger partial charge is 0.491 e.